The molecule has 0 aromatic heterocycles. The molecule has 1 atom stereocenters. The van der Waals surface area contributed by atoms with Gasteiger partial charge in [0.2, 0.25) is 5.91 Å². The van der Waals surface area contributed by atoms with Crippen molar-refractivity contribution in [1.29, 1.82) is 0 Å². The lowest BCUT2D eigenvalue weighted by molar-refractivity contribution is -0.384. The Balaban J connectivity index is 1.76. The number of nitro groups is 1. The minimum Gasteiger partial charge on any atom is -0.378 e. The van der Waals surface area contributed by atoms with E-state index in [0.717, 1.165) is 12.8 Å². The molecule has 7 nitrogen and oxygen atoms in total. The zero-order chi connectivity index (χ0) is 14.4. The molecule has 2 rings (SSSR count). The molecule has 108 valence electrons. The minimum atomic E-state index is -0.437. The molecule has 20 heavy (non-hydrogen) atoms. The van der Waals surface area contributed by atoms with E-state index in [1.807, 2.05) is 0 Å². The summed E-state index contributed by atoms with van der Waals surface area (Å²) in [5, 5.41) is 16.5. The lowest BCUT2D eigenvalue weighted by Crippen LogP contribution is -2.36. The second-order valence-electron chi connectivity index (χ2n) is 4.49. The van der Waals surface area contributed by atoms with Gasteiger partial charge in [-0.15, -0.1) is 0 Å². The van der Waals surface area contributed by atoms with E-state index in [0.29, 0.717) is 25.4 Å². The summed E-state index contributed by atoms with van der Waals surface area (Å²) in [5.41, 5.74) is 0.474. The first kappa shape index (κ1) is 14.3. The highest BCUT2D eigenvalue weighted by molar-refractivity contribution is 5.81. The van der Waals surface area contributed by atoms with E-state index in [1.54, 1.807) is 18.2 Å². The Labute approximate surface area is 116 Å². The summed E-state index contributed by atoms with van der Waals surface area (Å²) in [5.74, 6) is -0.119. The molecule has 1 fully saturated rings. The lowest BCUT2D eigenvalue weighted by atomic mass is 10.2. The predicted octanol–water partition coefficient (Wildman–Crippen LogP) is 1.30. The van der Waals surface area contributed by atoms with Crippen LogP contribution in [0.15, 0.2) is 24.3 Å². The van der Waals surface area contributed by atoms with Crippen molar-refractivity contribution in [2.45, 2.75) is 18.9 Å². The Bertz CT molecular complexity index is 486. The van der Waals surface area contributed by atoms with Crippen molar-refractivity contribution in [2.24, 2.45) is 0 Å². The number of hydrogen-bond acceptors (Lipinski definition) is 5. The summed E-state index contributed by atoms with van der Waals surface area (Å²) in [7, 11) is 0. The van der Waals surface area contributed by atoms with Crippen LogP contribution in [0.25, 0.3) is 0 Å². The molecule has 0 radical (unpaired) electrons. The average Bonchev–Trinajstić information content (AvgIpc) is 2.98. The molecule has 1 aliphatic heterocycles. The van der Waals surface area contributed by atoms with Gasteiger partial charge in [0, 0.05) is 25.8 Å². The third kappa shape index (κ3) is 3.67. The van der Waals surface area contributed by atoms with Crippen molar-refractivity contribution >= 4 is 17.3 Å². The number of rotatable bonds is 6. The fourth-order valence-electron chi connectivity index (χ4n) is 2.06. The molecule has 1 aromatic carbocycles. The third-order valence-corrected chi connectivity index (χ3v) is 3.06. The van der Waals surface area contributed by atoms with Gasteiger partial charge in [0.15, 0.2) is 0 Å². The van der Waals surface area contributed by atoms with Crippen LogP contribution in [0, 0.1) is 10.1 Å². The third-order valence-electron chi connectivity index (χ3n) is 3.06. The van der Waals surface area contributed by atoms with Gasteiger partial charge in [-0.25, -0.2) is 0 Å². The number of para-hydroxylation sites is 2. The molecule has 0 saturated carbocycles. The molecule has 7 heteroatoms. The predicted molar refractivity (Wildman–Crippen MR) is 73.6 cm³/mol. The van der Waals surface area contributed by atoms with E-state index in [2.05, 4.69) is 10.6 Å². The van der Waals surface area contributed by atoms with Gasteiger partial charge in [0.1, 0.15) is 11.8 Å². The van der Waals surface area contributed by atoms with Crippen LogP contribution in [-0.4, -0.2) is 36.6 Å². The maximum atomic E-state index is 11.7. The molecule has 0 aliphatic carbocycles. The van der Waals surface area contributed by atoms with Gasteiger partial charge in [-0.1, -0.05) is 12.1 Å². The fourth-order valence-corrected chi connectivity index (χ4v) is 2.06. The molecule has 1 aromatic rings. The van der Waals surface area contributed by atoms with E-state index >= 15 is 0 Å². The Morgan fingerprint density at radius 2 is 2.20 bits per heavy atom. The van der Waals surface area contributed by atoms with Crippen molar-refractivity contribution in [3.63, 3.8) is 0 Å². The zero-order valence-corrected chi connectivity index (χ0v) is 11.0. The Kier molecular flexibility index (Phi) is 4.89. The molecular weight excluding hydrogens is 262 g/mol. The van der Waals surface area contributed by atoms with Gasteiger partial charge >= 0.3 is 0 Å². The maximum Gasteiger partial charge on any atom is 0.292 e. The van der Waals surface area contributed by atoms with E-state index in [9.17, 15) is 14.9 Å². The Morgan fingerprint density at radius 1 is 1.40 bits per heavy atom. The summed E-state index contributed by atoms with van der Waals surface area (Å²) in [6, 6.07) is 6.41. The number of nitrogens with zero attached hydrogens (tertiary/aromatic N) is 1. The Morgan fingerprint density at radius 3 is 2.90 bits per heavy atom. The quantitative estimate of drug-likeness (QED) is 0.465. The Hall–Kier alpha value is -2.15. The average molecular weight is 279 g/mol. The second kappa shape index (κ2) is 6.85. The minimum absolute atomic E-state index is 0.0259. The highest BCUT2D eigenvalue weighted by Crippen LogP contribution is 2.22. The summed E-state index contributed by atoms with van der Waals surface area (Å²) in [4.78, 5) is 22.0. The van der Waals surface area contributed by atoms with Crippen LogP contribution in [0.3, 0.4) is 0 Å². The maximum absolute atomic E-state index is 11.7. The van der Waals surface area contributed by atoms with Gasteiger partial charge in [-0.3, -0.25) is 14.9 Å². The fraction of sp³-hybridized carbons (Fsp3) is 0.462. The second-order valence-corrected chi connectivity index (χ2v) is 4.49. The highest BCUT2D eigenvalue weighted by Gasteiger charge is 2.22. The van der Waals surface area contributed by atoms with Crippen LogP contribution in [0.4, 0.5) is 11.4 Å². The number of benzene rings is 1. The largest absolute Gasteiger partial charge is 0.378 e. The normalized spacial score (nSPS) is 17.7. The number of nitro benzene ring substituents is 1. The van der Waals surface area contributed by atoms with E-state index in [4.69, 9.17) is 4.74 Å². The first-order valence-corrected chi connectivity index (χ1v) is 6.55. The standard InChI is InChI=1S/C13H17N3O4/c17-13(12-6-3-9-20-12)15-8-7-14-10-4-1-2-5-11(10)16(18)19/h1-2,4-5,12,14H,3,6-9H2,(H,15,17)/t12-/m0/s1. The van der Waals surface area contributed by atoms with Crippen molar-refractivity contribution in [1.82, 2.24) is 5.32 Å². The monoisotopic (exact) mass is 279 g/mol. The highest BCUT2D eigenvalue weighted by atomic mass is 16.6. The van der Waals surface area contributed by atoms with Crippen LogP contribution in [-0.2, 0) is 9.53 Å². The first-order valence-electron chi connectivity index (χ1n) is 6.55. The summed E-state index contributed by atoms with van der Waals surface area (Å²) < 4.78 is 5.26. The number of carbonyl (C=O) groups excluding carboxylic acids is 1. The summed E-state index contributed by atoms with van der Waals surface area (Å²) in [6.07, 6.45) is 1.32. The van der Waals surface area contributed by atoms with Crippen molar-refractivity contribution in [3.8, 4) is 0 Å². The van der Waals surface area contributed by atoms with E-state index in [-0.39, 0.29) is 17.7 Å². The topological polar surface area (TPSA) is 93.5 Å². The molecule has 2 N–H and O–H groups in total. The number of hydrogen-bond donors (Lipinski definition) is 2. The van der Waals surface area contributed by atoms with E-state index < -0.39 is 4.92 Å². The molecule has 1 aliphatic rings. The molecule has 0 bridgehead atoms. The summed E-state index contributed by atoms with van der Waals surface area (Å²) in [6.45, 7) is 1.45. The molecule has 0 spiro atoms. The molecule has 1 heterocycles. The number of nitrogens with one attached hydrogen (secondary N) is 2. The molecule has 1 saturated heterocycles. The van der Waals surface area contributed by atoms with E-state index in [1.165, 1.54) is 6.07 Å². The summed E-state index contributed by atoms with van der Waals surface area (Å²) >= 11 is 0. The number of carbonyl (C=O) groups is 1. The number of ether oxygens (including phenoxy) is 1. The van der Waals surface area contributed by atoms with Crippen LogP contribution in [0.5, 0.6) is 0 Å². The van der Waals surface area contributed by atoms with Crippen LogP contribution >= 0.6 is 0 Å². The first-order chi connectivity index (χ1) is 9.68. The van der Waals surface area contributed by atoms with Crippen LogP contribution < -0.4 is 10.6 Å². The number of anilines is 1. The smallest absolute Gasteiger partial charge is 0.292 e. The number of amides is 1. The van der Waals surface area contributed by atoms with Gasteiger partial charge in [-0.2, -0.15) is 0 Å². The molecule has 0 unspecified atom stereocenters. The van der Waals surface area contributed by atoms with Crippen LogP contribution in [0.1, 0.15) is 12.8 Å². The van der Waals surface area contributed by atoms with Crippen molar-refractivity contribution in [2.75, 3.05) is 25.0 Å². The van der Waals surface area contributed by atoms with Gasteiger partial charge in [-0.05, 0) is 18.9 Å². The van der Waals surface area contributed by atoms with Crippen molar-refractivity contribution < 1.29 is 14.5 Å². The van der Waals surface area contributed by atoms with Gasteiger partial charge in [0.05, 0.1) is 4.92 Å². The van der Waals surface area contributed by atoms with Crippen molar-refractivity contribution in [3.05, 3.63) is 34.4 Å². The van der Waals surface area contributed by atoms with Gasteiger partial charge < -0.3 is 15.4 Å². The van der Waals surface area contributed by atoms with Crippen LogP contribution in [0.2, 0.25) is 0 Å². The molecular formula is C13H17N3O4. The lowest BCUT2D eigenvalue weighted by Gasteiger charge is -2.11. The zero-order valence-electron chi connectivity index (χ0n) is 11.0. The molecule has 1 amide bonds. The van der Waals surface area contributed by atoms with Gasteiger partial charge in [0.25, 0.3) is 5.69 Å². The SMILES string of the molecule is O=C(NCCNc1ccccc1[N+](=O)[O-])[C@@H]1CCCO1.